The van der Waals surface area contributed by atoms with Gasteiger partial charge >= 0.3 is 0 Å². The molecule has 3 heteroatoms. The van der Waals surface area contributed by atoms with E-state index in [1.165, 1.54) is 16.7 Å². The molecule has 118 valence electrons. The third-order valence-corrected chi connectivity index (χ3v) is 4.19. The Morgan fingerprint density at radius 2 is 1.77 bits per heavy atom. The molecule has 0 saturated carbocycles. The van der Waals surface area contributed by atoms with E-state index in [2.05, 4.69) is 37.4 Å². The van der Waals surface area contributed by atoms with Crippen LogP contribution in [0, 0.1) is 13.8 Å². The van der Waals surface area contributed by atoms with Crippen molar-refractivity contribution < 1.29 is 5.11 Å². The van der Waals surface area contributed by atoms with Gasteiger partial charge in [0, 0.05) is 19.1 Å². The van der Waals surface area contributed by atoms with Gasteiger partial charge in [-0.05, 0) is 42.5 Å². The molecule has 0 aliphatic heterocycles. The van der Waals surface area contributed by atoms with E-state index in [-0.39, 0.29) is 6.04 Å². The molecule has 0 radical (unpaired) electrons. The fourth-order valence-electron chi connectivity index (χ4n) is 2.53. The summed E-state index contributed by atoms with van der Waals surface area (Å²) in [6.07, 6.45) is 0.137. The molecular weight excluding hydrogens is 272 g/mol. The number of nitrogens with two attached hydrogens (primary N) is 1. The molecule has 0 bridgehead atoms. The maximum Gasteiger partial charge on any atom is 0.0818 e. The Labute approximate surface area is 133 Å². The number of hydrogen-bond donors (Lipinski definition) is 3. The van der Waals surface area contributed by atoms with Crippen molar-refractivity contribution in [1.29, 1.82) is 0 Å². The van der Waals surface area contributed by atoms with Crippen molar-refractivity contribution >= 4 is 0 Å². The standard InChI is InChI=1S/C19H26N2O/c1-14-7-6-10-17(15(14)2)12-21-13-19(22)18(20)11-16-8-4-3-5-9-16/h3-10,18-19,21-22H,11-13,20H2,1-2H3/t18?,19-/m0/s1. The molecule has 22 heavy (non-hydrogen) atoms. The van der Waals surface area contributed by atoms with Gasteiger partial charge in [0.25, 0.3) is 0 Å². The van der Waals surface area contributed by atoms with Gasteiger partial charge in [-0.3, -0.25) is 0 Å². The predicted molar refractivity (Wildman–Crippen MR) is 91.8 cm³/mol. The third kappa shape index (κ3) is 4.67. The van der Waals surface area contributed by atoms with Crippen molar-refractivity contribution in [3.05, 3.63) is 70.8 Å². The molecule has 2 rings (SSSR count). The molecule has 0 aliphatic rings. The SMILES string of the molecule is Cc1cccc(CNC[C@H](O)C(N)Cc2ccccc2)c1C. The van der Waals surface area contributed by atoms with Crippen LogP contribution in [0.3, 0.4) is 0 Å². The summed E-state index contributed by atoms with van der Waals surface area (Å²) in [5.41, 5.74) is 11.1. The second-order valence-corrected chi connectivity index (χ2v) is 5.91. The first-order chi connectivity index (χ1) is 10.6. The third-order valence-electron chi connectivity index (χ3n) is 4.19. The van der Waals surface area contributed by atoms with Crippen molar-refractivity contribution in [1.82, 2.24) is 5.32 Å². The van der Waals surface area contributed by atoms with Crippen molar-refractivity contribution in [2.75, 3.05) is 6.54 Å². The van der Waals surface area contributed by atoms with E-state index in [0.717, 1.165) is 12.1 Å². The Kier molecular flexibility index (Phi) is 6.13. The first kappa shape index (κ1) is 16.7. The van der Waals surface area contributed by atoms with Crippen LogP contribution < -0.4 is 11.1 Å². The van der Waals surface area contributed by atoms with Gasteiger partial charge in [0.2, 0.25) is 0 Å². The Hall–Kier alpha value is -1.68. The van der Waals surface area contributed by atoms with E-state index >= 15 is 0 Å². The summed E-state index contributed by atoms with van der Waals surface area (Å²) in [6.45, 7) is 5.50. The van der Waals surface area contributed by atoms with E-state index in [1.807, 2.05) is 30.3 Å². The molecule has 0 aliphatic carbocycles. The number of nitrogens with one attached hydrogen (secondary N) is 1. The summed E-state index contributed by atoms with van der Waals surface area (Å²) in [7, 11) is 0. The zero-order chi connectivity index (χ0) is 15.9. The van der Waals surface area contributed by atoms with Gasteiger partial charge in [0.15, 0.2) is 0 Å². The van der Waals surface area contributed by atoms with E-state index in [1.54, 1.807) is 0 Å². The highest BCUT2D eigenvalue weighted by Gasteiger charge is 2.15. The van der Waals surface area contributed by atoms with Crippen LogP contribution in [-0.2, 0) is 13.0 Å². The van der Waals surface area contributed by atoms with Crippen LogP contribution in [-0.4, -0.2) is 23.8 Å². The molecule has 0 saturated heterocycles. The van der Waals surface area contributed by atoms with Gasteiger partial charge < -0.3 is 16.2 Å². The quantitative estimate of drug-likeness (QED) is 0.735. The first-order valence-electron chi connectivity index (χ1n) is 7.81. The number of aliphatic hydroxyl groups is 1. The zero-order valence-electron chi connectivity index (χ0n) is 13.4. The van der Waals surface area contributed by atoms with Crippen molar-refractivity contribution in [2.24, 2.45) is 5.73 Å². The van der Waals surface area contributed by atoms with Crippen molar-refractivity contribution in [3.63, 3.8) is 0 Å². The van der Waals surface area contributed by atoms with Gasteiger partial charge in [0.1, 0.15) is 0 Å². The molecule has 0 fully saturated rings. The van der Waals surface area contributed by atoms with Crippen LogP contribution >= 0.6 is 0 Å². The smallest absolute Gasteiger partial charge is 0.0818 e. The van der Waals surface area contributed by atoms with Crippen LogP contribution in [0.15, 0.2) is 48.5 Å². The summed E-state index contributed by atoms with van der Waals surface area (Å²) >= 11 is 0. The molecule has 0 aromatic heterocycles. The number of benzene rings is 2. The molecule has 0 spiro atoms. The Bertz CT molecular complexity index is 583. The van der Waals surface area contributed by atoms with Crippen LogP contribution in [0.25, 0.3) is 0 Å². The molecule has 2 atom stereocenters. The summed E-state index contributed by atoms with van der Waals surface area (Å²) < 4.78 is 0. The number of hydrogen-bond acceptors (Lipinski definition) is 3. The second kappa shape index (κ2) is 8.08. The number of aryl methyl sites for hydroxylation is 1. The Morgan fingerprint density at radius 3 is 2.50 bits per heavy atom. The van der Waals surface area contributed by atoms with E-state index in [0.29, 0.717) is 13.0 Å². The normalized spacial score (nSPS) is 13.8. The van der Waals surface area contributed by atoms with Gasteiger partial charge in [-0.1, -0.05) is 48.5 Å². The molecule has 0 heterocycles. The Morgan fingerprint density at radius 1 is 1.05 bits per heavy atom. The van der Waals surface area contributed by atoms with Gasteiger partial charge in [-0.15, -0.1) is 0 Å². The summed E-state index contributed by atoms with van der Waals surface area (Å²) in [6, 6.07) is 16.1. The lowest BCUT2D eigenvalue weighted by atomic mass is 10.0. The van der Waals surface area contributed by atoms with Crippen LogP contribution in [0.5, 0.6) is 0 Å². The van der Waals surface area contributed by atoms with E-state index < -0.39 is 6.10 Å². The van der Waals surface area contributed by atoms with Gasteiger partial charge in [-0.2, -0.15) is 0 Å². The van der Waals surface area contributed by atoms with Crippen molar-refractivity contribution in [2.45, 2.75) is 39.0 Å². The molecule has 3 nitrogen and oxygen atoms in total. The minimum atomic E-state index is -0.551. The lowest BCUT2D eigenvalue weighted by Crippen LogP contribution is -2.43. The summed E-state index contributed by atoms with van der Waals surface area (Å²) in [5, 5.41) is 13.5. The minimum absolute atomic E-state index is 0.256. The topological polar surface area (TPSA) is 58.3 Å². The van der Waals surface area contributed by atoms with Crippen molar-refractivity contribution in [3.8, 4) is 0 Å². The lowest BCUT2D eigenvalue weighted by molar-refractivity contribution is 0.141. The first-order valence-corrected chi connectivity index (χ1v) is 7.81. The fraction of sp³-hybridized carbons (Fsp3) is 0.368. The highest BCUT2D eigenvalue weighted by molar-refractivity contribution is 5.32. The van der Waals surface area contributed by atoms with E-state index in [4.69, 9.17) is 5.73 Å². The molecule has 4 N–H and O–H groups in total. The van der Waals surface area contributed by atoms with Crippen LogP contribution in [0.2, 0.25) is 0 Å². The molecular formula is C19H26N2O. The number of aliphatic hydroxyl groups excluding tert-OH is 1. The maximum atomic E-state index is 10.2. The highest BCUT2D eigenvalue weighted by Crippen LogP contribution is 2.12. The molecule has 2 aromatic rings. The fourth-order valence-corrected chi connectivity index (χ4v) is 2.53. The number of rotatable bonds is 7. The van der Waals surface area contributed by atoms with Crippen LogP contribution in [0.1, 0.15) is 22.3 Å². The predicted octanol–water partition coefficient (Wildman–Crippen LogP) is 2.32. The average molecular weight is 298 g/mol. The lowest BCUT2D eigenvalue weighted by Gasteiger charge is -2.20. The summed E-state index contributed by atoms with van der Waals surface area (Å²) in [4.78, 5) is 0. The maximum absolute atomic E-state index is 10.2. The van der Waals surface area contributed by atoms with Gasteiger partial charge in [-0.25, -0.2) is 0 Å². The molecule has 2 aromatic carbocycles. The largest absolute Gasteiger partial charge is 0.390 e. The monoisotopic (exact) mass is 298 g/mol. The summed E-state index contributed by atoms with van der Waals surface area (Å²) in [5.74, 6) is 0. The van der Waals surface area contributed by atoms with Crippen LogP contribution in [0.4, 0.5) is 0 Å². The average Bonchev–Trinajstić information content (AvgIpc) is 2.52. The Balaban J connectivity index is 1.80. The second-order valence-electron chi connectivity index (χ2n) is 5.91. The minimum Gasteiger partial charge on any atom is -0.390 e. The van der Waals surface area contributed by atoms with Gasteiger partial charge in [0.05, 0.1) is 6.10 Å². The van der Waals surface area contributed by atoms with E-state index in [9.17, 15) is 5.11 Å². The zero-order valence-corrected chi connectivity index (χ0v) is 13.4. The molecule has 0 amide bonds. The highest BCUT2D eigenvalue weighted by atomic mass is 16.3. The molecule has 1 unspecified atom stereocenters.